The second kappa shape index (κ2) is 5.76. The van der Waals surface area contributed by atoms with Gasteiger partial charge in [-0.2, -0.15) is 0 Å². The Hall–Kier alpha value is -1.00. The van der Waals surface area contributed by atoms with E-state index in [9.17, 15) is 9.90 Å². The zero-order chi connectivity index (χ0) is 13.1. The van der Waals surface area contributed by atoms with Gasteiger partial charge in [0, 0.05) is 16.2 Å². The van der Waals surface area contributed by atoms with Gasteiger partial charge in [-0.1, -0.05) is 26.0 Å². The summed E-state index contributed by atoms with van der Waals surface area (Å²) in [5.74, 6) is -0.800. The zero-order valence-electron chi connectivity index (χ0n) is 10.7. The molecule has 0 spiro atoms. The molecule has 1 fully saturated rings. The quantitative estimate of drug-likeness (QED) is 0.776. The standard InChI is InChI=1S/C14H19NO2S/c1-9(2)18-12-7-3-10(4-8-12)13(14(16)17)15-11-5-6-11/h3-4,7-9,11,13,15H,5-6H2,1-2H3,(H,16,17). The van der Waals surface area contributed by atoms with E-state index in [0.717, 1.165) is 18.4 Å². The predicted octanol–water partition coefficient (Wildman–Crippen LogP) is 3.06. The molecule has 3 nitrogen and oxygen atoms in total. The number of rotatable bonds is 6. The topological polar surface area (TPSA) is 49.3 Å². The maximum Gasteiger partial charge on any atom is 0.325 e. The number of thioether (sulfide) groups is 1. The summed E-state index contributed by atoms with van der Waals surface area (Å²) in [5, 5.41) is 12.9. The Morgan fingerprint density at radius 2 is 1.94 bits per heavy atom. The van der Waals surface area contributed by atoms with E-state index in [1.165, 1.54) is 4.90 Å². The molecular weight excluding hydrogens is 246 g/mol. The van der Waals surface area contributed by atoms with Crippen molar-refractivity contribution in [2.45, 2.75) is 48.9 Å². The first kappa shape index (κ1) is 13.4. The number of hydrogen-bond acceptors (Lipinski definition) is 3. The van der Waals surface area contributed by atoms with Crippen LogP contribution in [0, 0.1) is 0 Å². The molecule has 1 aromatic carbocycles. The molecule has 2 rings (SSSR count). The highest BCUT2D eigenvalue weighted by Crippen LogP contribution is 2.27. The molecule has 1 aliphatic rings. The number of nitrogens with one attached hydrogen (secondary N) is 1. The van der Waals surface area contributed by atoms with E-state index >= 15 is 0 Å². The fourth-order valence-corrected chi connectivity index (χ4v) is 2.64. The van der Waals surface area contributed by atoms with E-state index in [4.69, 9.17) is 0 Å². The first-order valence-corrected chi connectivity index (χ1v) is 7.19. The molecule has 1 aromatic rings. The predicted molar refractivity (Wildman–Crippen MR) is 74.0 cm³/mol. The number of hydrogen-bond donors (Lipinski definition) is 2. The van der Waals surface area contributed by atoms with Crippen LogP contribution in [0.4, 0.5) is 0 Å². The highest BCUT2D eigenvalue weighted by molar-refractivity contribution is 7.99. The van der Waals surface area contributed by atoms with Crippen molar-refractivity contribution < 1.29 is 9.90 Å². The van der Waals surface area contributed by atoms with Gasteiger partial charge in [-0.3, -0.25) is 10.1 Å². The average Bonchev–Trinajstić information content (AvgIpc) is 3.10. The Labute approximate surface area is 112 Å². The van der Waals surface area contributed by atoms with E-state index in [1.807, 2.05) is 24.3 Å². The molecule has 1 unspecified atom stereocenters. The summed E-state index contributed by atoms with van der Waals surface area (Å²) in [4.78, 5) is 12.4. The highest BCUT2D eigenvalue weighted by atomic mass is 32.2. The summed E-state index contributed by atoms with van der Waals surface area (Å²) in [7, 11) is 0. The Morgan fingerprint density at radius 3 is 2.39 bits per heavy atom. The van der Waals surface area contributed by atoms with E-state index < -0.39 is 12.0 Å². The van der Waals surface area contributed by atoms with Gasteiger partial charge in [0.25, 0.3) is 0 Å². The lowest BCUT2D eigenvalue weighted by Crippen LogP contribution is -2.30. The van der Waals surface area contributed by atoms with Gasteiger partial charge in [-0.15, -0.1) is 11.8 Å². The number of aliphatic carboxylic acids is 1. The number of carboxylic acid groups (broad SMARTS) is 1. The monoisotopic (exact) mass is 265 g/mol. The second-order valence-electron chi connectivity index (χ2n) is 4.95. The van der Waals surface area contributed by atoms with Crippen LogP contribution < -0.4 is 5.32 Å². The number of carboxylic acids is 1. The maximum absolute atomic E-state index is 11.3. The van der Waals surface area contributed by atoms with Gasteiger partial charge in [-0.05, 0) is 30.5 Å². The van der Waals surface area contributed by atoms with Gasteiger partial charge < -0.3 is 5.11 Å². The fourth-order valence-electron chi connectivity index (χ4n) is 1.81. The van der Waals surface area contributed by atoms with Crippen molar-refractivity contribution in [3.8, 4) is 0 Å². The Kier molecular flexibility index (Phi) is 4.30. The van der Waals surface area contributed by atoms with E-state index in [1.54, 1.807) is 11.8 Å². The highest BCUT2D eigenvalue weighted by Gasteiger charge is 2.29. The van der Waals surface area contributed by atoms with Gasteiger partial charge in [0.15, 0.2) is 0 Å². The third kappa shape index (κ3) is 3.75. The van der Waals surface area contributed by atoms with Crippen molar-refractivity contribution >= 4 is 17.7 Å². The molecule has 1 saturated carbocycles. The van der Waals surface area contributed by atoms with Crippen LogP contribution in [0.5, 0.6) is 0 Å². The summed E-state index contributed by atoms with van der Waals surface area (Å²) >= 11 is 1.79. The van der Waals surface area contributed by atoms with Crippen LogP contribution in [0.3, 0.4) is 0 Å². The average molecular weight is 265 g/mol. The Balaban J connectivity index is 2.07. The SMILES string of the molecule is CC(C)Sc1ccc(C(NC2CC2)C(=O)O)cc1. The van der Waals surface area contributed by atoms with Gasteiger partial charge in [0.2, 0.25) is 0 Å². The van der Waals surface area contributed by atoms with Crippen molar-refractivity contribution in [1.29, 1.82) is 0 Å². The van der Waals surface area contributed by atoms with Crippen LogP contribution in [0.1, 0.15) is 38.3 Å². The molecule has 0 heterocycles. The number of carbonyl (C=O) groups is 1. The minimum Gasteiger partial charge on any atom is -0.480 e. The van der Waals surface area contributed by atoms with Gasteiger partial charge in [0.05, 0.1) is 0 Å². The third-order valence-electron chi connectivity index (χ3n) is 2.81. The molecule has 18 heavy (non-hydrogen) atoms. The Bertz CT molecular complexity index is 412. The summed E-state index contributed by atoms with van der Waals surface area (Å²) in [6.07, 6.45) is 2.18. The lowest BCUT2D eigenvalue weighted by Gasteiger charge is -2.15. The lowest BCUT2D eigenvalue weighted by molar-refractivity contribution is -0.139. The summed E-state index contributed by atoms with van der Waals surface area (Å²) in [5.41, 5.74) is 0.836. The van der Waals surface area contributed by atoms with Crippen molar-refractivity contribution in [3.05, 3.63) is 29.8 Å². The molecule has 0 aromatic heterocycles. The summed E-state index contributed by atoms with van der Waals surface area (Å²) in [6.45, 7) is 4.29. The largest absolute Gasteiger partial charge is 0.480 e. The lowest BCUT2D eigenvalue weighted by atomic mass is 10.1. The Morgan fingerprint density at radius 1 is 1.33 bits per heavy atom. The van der Waals surface area contributed by atoms with Crippen LogP contribution in [0.2, 0.25) is 0 Å². The smallest absolute Gasteiger partial charge is 0.325 e. The van der Waals surface area contributed by atoms with Crippen molar-refractivity contribution in [3.63, 3.8) is 0 Å². The normalized spacial score (nSPS) is 16.8. The van der Waals surface area contributed by atoms with E-state index in [0.29, 0.717) is 11.3 Å². The van der Waals surface area contributed by atoms with E-state index in [2.05, 4.69) is 19.2 Å². The molecule has 0 saturated heterocycles. The first-order chi connectivity index (χ1) is 8.56. The second-order valence-corrected chi connectivity index (χ2v) is 6.60. The molecule has 2 N–H and O–H groups in total. The van der Waals surface area contributed by atoms with Gasteiger partial charge in [-0.25, -0.2) is 0 Å². The minimum atomic E-state index is -0.800. The van der Waals surface area contributed by atoms with Crippen LogP contribution in [-0.2, 0) is 4.79 Å². The van der Waals surface area contributed by atoms with Crippen LogP contribution in [0.25, 0.3) is 0 Å². The molecule has 98 valence electrons. The van der Waals surface area contributed by atoms with Crippen LogP contribution >= 0.6 is 11.8 Å². The van der Waals surface area contributed by atoms with Crippen LogP contribution in [0.15, 0.2) is 29.2 Å². The maximum atomic E-state index is 11.3. The summed E-state index contributed by atoms with van der Waals surface area (Å²) in [6, 6.07) is 7.65. The van der Waals surface area contributed by atoms with Crippen molar-refractivity contribution in [2.24, 2.45) is 0 Å². The van der Waals surface area contributed by atoms with Crippen molar-refractivity contribution in [1.82, 2.24) is 5.32 Å². The molecule has 0 radical (unpaired) electrons. The summed E-state index contributed by atoms with van der Waals surface area (Å²) < 4.78 is 0. The first-order valence-electron chi connectivity index (χ1n) is 6.31. The fraction of sp³-hybridized carbons (Fsp3) is 0.500. The molecule has 0 amide bonds. The van der Waals surface area contributed by atoms with E-state index in [-0.39, 0.29) is 0 Å². The van der Waals surface area contributed by atoms with Gasteiger partial charge >= 0.3 is 5.97 Å². The van der Waals surface area contributed by atoms with Crippen LogP contribution in [-0.4, -0.2) is 22.4 Å². The molecule has 0 bridgehead atoms. The number of benzene rings is 1. The molecule has 0 aliphatic heterocycles. The molecular formula is C14H19NO2S. The molecule has 1 aliphatic carbocycles. The third-order valence-corrected chi connectivity index (χ3v) is 3.83. The molecule has 1 atom stereocenters. The van der Waals surface area contributed by atoms with Gasteiger partial charge in [0.1, 0.15) is 6.04 Å². The van der Waals surface area contributed by atoms with Crippen molar-refractivity contribution in [2.75, 3.05) is 0 Å². The minimum absolute atomic E-state index is 0.385. The molecule has 4 heteroatoms. The zero-order valence-corrected chi connectivity index (χ0v) is 11.5.